The number of aromatic carboxylic acids is 1. The molecule has 76 valence electrons. The zero-order valence-corrected chi connectivity index (χ0v) is 7.84. The number of aryl methyl sites for hydroxylation is 1. The number of halogens is 2. The molecule has 1 N–H and O–H groups in total. The van der Waals surface area contributed by atoms with Crippen LogP contribution in [0, 0.1) is 13.8 Å². The normalized spacial score (nSPS) is 10.6. The van der Waals surface area contributed by atoms with Crippen molar-refractivity contribution in [3.63, 3.8) is 0 Å². The first kappa shape index (κ1) is 10.6. The third kappa shape index (κ3) is 1.73. The number of hydrogen-bond donors (Lipinski definition) is 1. The minimum absolute atomic E-state index is 0.0252. The molecule has 0 amide bonds. The smallest absolute Gasteiger partial charge is 0.336 e. The number of carbonyl (C=O) groups is 1. The van der Waals surface area contributed by atoms with Crippen LogP contribution in [-0.2, 0) is 0 Å². The highest BCUT2D eigenvalue weighted by Gasteiger charge is 2.18. The lowest BCUT2D eigenvalue weighted by Gasteiger charge is -2.10. The molecule has 0 bridgehead atoms. The van der Waals surface area contributed by atoms with Crippen molar-refractivity contribution < 1.29 is 18.7 Å². The monoisotopic (exact) mass is 200 g/mol. The number of carboxylic acids is 1. The molecule has 0 saturated carbocycles. The Labute approximate surface area is 80.2 Å². The molecule has 0 aliphatic heterocycles. The fourth-order valence-electron chi connectivity index (χ4n) is 1.43. The summed E-state index contributed by atoms with van der Waals surface area (Å²) in [6.45, 7) is 2.99. The van der Waals surface area contributed by atoms with Crippen LogP contribution in [0.15, 0.2) is 12.1 Å². The van der Waals surface area contributed by atoms with E-state index in [1.165, 1.54) is 19.1 Å². The van der Waals surface area contributed by atoms with Gasteiger partial charge in [0.2, 0.25) is 0 Å². The number of benzene rings is 1. The lowest BCUT2D eigenvalue weighted by atomic mass is 9.98. The quantitative estimate of drug-likeness (QED) is 0.796. The van der Waals surface area contributed by atoms with Crippen LogP contribution in [0.25, 0.3) is 0 Å². The maximum Gasteiger partial charge on any atom is 0.336 e. The maximum atomic E-state index is 12.4. The van der Waals surface area contributed by atoms with Gasteiger partial charge >= 0.3 is 5.97 Å². The second-order valence-corrected chi connectivity index (χ2v) is 3.08. The number of rotatable bonds is 2. The average Bonchev–Trinajstić information content (AvgIpc) is 2.02. The predicted octanol–water partition coefficient (Wildman–Crippen LogP) is 2.94. The van der Waals surface area contributed by atoms with Crippen LogP contribution in [0.1, 0.15) is 33.5 Å². The van der Waals surface area contributed by atoms with E-state index < -0.39 is 12.4 Å². The Morgan fingerprint density at radius 1 is 1.36 bits per heavy atom. The molecule has 0 saturated heterocycles. The summed E-state index contributed by atoms with van der Waals surface area (Å²) in [5, 5.41) is 8.81. The van der Waals surface area contributed by atoms with Crippen molar-refractivity contribution in [2.75, 3.05) is 0 Å². The molecule has 0 fully saturated rings. The van der Waals surface area contributed by atoms with Crippen LogP contribution in [0.3, 0.4) is 0 Å². The van der Waals surface area contributed by atoms with Gasteiger partial charge in [0.15, 0.2) is 0 Å². The van der Waals surface area contributed by atoms with E-state index in [0.29, 0.717) is 5.56 Å². The van der Waals surface area contributed by atoms with Crippen LogP contribution >= 0.6 is 0 Å². The van der Waals surface area contributed by atoms with Crippen LogP contribution in [-0.4, -0.2) is 11.1 Å². The molecule has 0 unspecified atom stereocenters. The van der Waals surface area contributed by atoms with Crippen molar-refractivity contribution in [2.45, 2.75) is 20.3 Å². The molecule has 0 aromatic heterocycles. The molecule has 0 heterocycles. The van der Waals surface area contributed by atoms with Crippen LogP contribution in [0.4, 0.5) is 8.78 Å². The van der Waals surface area contributed by atoms with E-state index in [9.17, 15) is 13.6 Å². The summed E-state index contributed by atoms with van der Waals surface area (Å²) in [5.74, 6) is -1.16. The maximum absolute atomic E-state index is 12.4. The molecule has 1 aromatic carbocycles. The van der Waals surface area contributed by atoms with E-state index in [0.717, 1.165) is 0 Å². The first-order chi connectivity index (χ1) is 6.45. The Hall–Kier alpha value is -1.45. The van der Waals surface area contributed by atoms with Gasteiger partial charge in [0.25, 0.3) is 6.43 Å². The second kappa shape index (κ2) is 3.74. The third-order valence-electron chi connectivity index (χ3n) is 2.16. The Morgan fingerprint density at radius 2 is 1.93 bits per heavy atom. The lowest BCUT2D eigenvalue weighted by Crippen LogP contribution is -2.05. The fraction of sp³-hybridized carbons (Fsp3) is 0.300. The Kier molecular flexibility index (Phi) is 2.84. The topological polar surface area (TPSA) is 37.3 Å². The van der Waals surface area contributed by atoms with Gasteiger partial charge in [0.1, 0.15) is 0 Å². The van der Waals surface area contributed by atoms with Gasteiger partial charge in [-0.05, 0) is 25.0 Å². The summed E-state index contributed by atoms with van der Waals surface area (Å²) in [6, 6.07) is 2.67. The Balaban J connectivity index is 3.41. The first-order valence-electron chi connectivity index (χ1n) is 4.06. The predicted molar refractivity (Wildman–Crippen MR) is 47.8 cm³/mol. The highest BCUT2D eigenvalue weighted by molar-refractivity contribution is 5.91. The van der Waals surface area contributed by atoms with Crippen molar-refractivity contribution >= 4 is 5.97 Å². The van der Waals surface area contributed by atoms with E-state index in [1.807, 2.05) is 0 Å². The molecule has 0 aliphatic rings. The fourth-order valence-corrected chi connectivity index (χ4v) is 1.43. The van der Waals surface area contributed by atoms with E-state index in [4.69, 9.17) is 5.11 Å². The molecule has 1 rings (SSSR count). The molecule has 0 atom stereocenters. The molecular formula is C10H10F2O2. The van der Waals surface area contributed by atoms with Crippen molar-refractivity contribution in [2.24, 2.45) is 0 Å². The van der Waals surface area contributed by atoms with Gasteiger partial charge < -0.3 is 5.11 Å². The summed E-state index contributed by atoms with van der Waals surface area (Å²) in [4.78, 5) is 10.8. The van der Waals surface area contributed by atoms with Gasteiger partial charge in [0.05, 0.1) is 5.56 Å². The minimum atomic E-state index is -2.63. The summed E-state index contributed by atoms with van der Waals surface area (Å²) in [6.07, 6.45) is -2.63. The minimum Gasteiger partial charge on any atom is -0.478 e. The largest absolute Gasteiger partial charge is 0.478 e. The van der Waals surface area contributed by atoms with Crippen molar-refractivity contribution in [1.82, 2.24) is 0 Å². The summed E-state index contributed by atoms with van der Waals surface area (Å²) in [5.41, 5.74) is 0.405. The standard InChI is InChI=1S/C10H10F2O2/c1-5-3-4-7(9(11)12)6(2)8(5)10(13)14/h3-4,9H,1-2H3,(H,13,14). The molecular weight excluding hydrogens is 190 g/mol. The average molecular weight is 200 g/mol. The Bertz CT molecular complexity index is 373. The lowest BCUT2D eigenvalue weighted by molar-refractivity contribution is 0.0694. The van der Waals surface area contributed by atoms with Gasteiger partial charge in [-0.15, -0.1) is 0 Å². The highest BCUT2D eigenvalue weighted by atomic mass is 19.3. The molecule has 0 spiro atoms. The van der Waals surface area contributed by atoms with Gasteiger partial charge in [-0.3, -0.25) is 0 Å². The molecule has 0 aliphatic carbocycles. The molecule has 4 heteroatoms. The summed E-state index contributed by atoms with van der Waals surface area (Å²) in [7, 11) is 0. The molecule has 2 nitrogen and oxygen atoms in total. The number of hydrogen-bond acceptors (Lipinski definition) is 1. The van der Waals surface area contributed by atoms with E-state index in [-0.39, 0.29) is 16.7 Å². The second-order valence-electron chi connectivity index (χ2n) is 3.08. The van der Waals surface area contributed by atoms with Gasteiger partial charge in [0, 0.05) is 5.56 Å². The Morgan fingerprint density at radius 3 is 2.36 bits per heavy atom. The van der Waals surface area contributed by atoms with Gasteiger partial charge in [-0.25, -0.2) is 13.6 Å². The van der Waals surface area contributed by atoms with E-state index in [2.05, 4.69) is 0 Å². The first-order valence-corrected chi connectivity index (χ1v) is 4.06. The molecule has 1 aromatic rings. The van der Waals surface area contributed by atoms with Crippen molar-refractivity contribution in [3.05, 3.63) is 34.4 Å². The summed E-state index contributed by atoms with van der Waals surface area (Å²) >= 11 is 0. The zero-order chi connectivity index (χ0) is 10.9. The number of alkyl halides is 2. The molecule has 0 radical (unpaired) electrons. The van der Waals surface area contributed by atoms with E-state index in [1.54, 1.807) is 6.92 Å². The SMILES string of the molecule is Cc1ccc(C(F)F)c(C)c1C(=O)O. The molecule has 14 heavy (non-hydrogen) atoms. The highest BCUT2D eigenvalue weighted by Crippen LogP contribution is 2.26. The third-order valence-corrected chi connectivity index (χ3v) is 2.16. The van der Waals surface area contributed by atoms with Crippen LogP contribution < -0.4 is 0 Å². The van der Waals surface area contributed by atoms with Crippen LogP contribution in [0.2, 0.25) is 0 Å². The van der Waals surface area contributed by atoms with Crippen molar-refractivity contribution in [1.29, 1.82) is 0 Å². The van der Waals surface area contributed by atoms with Gasteiger partial charge in [-0.2, -0.15) is 0 Å². The zero-order valence-electron chi connectivity index (χ0n) is 7.84. The van der Waals surface area contributed by atoms with E-state index >= 15 is 0 Å². The van der Waals surface area contributed by atoms with Gasteiger partial charge in [-0.1, -0.05) is 12.1 Å². The number of carboxylic acid groups (broad SMARTS) is 1. The van der Waals surface area contributed by atoms with Crippen molar-refractivity contribution in [3.8, 4) is 0 Å². The summed E-state index contributed by atoms with van der Waals surface area (Å²) < 4.78 is 24.8. The van der Waals surface area contributed by atoms with Crippen LogP contribution in [0.5, 0.6) is 0 Å².